The third kappa shape index (κ3) is 4.30. The maximum absolute atomic E-state index is 11.0. The minimum absolute atomic E-state index is 0.105. The molecular formula is C12H16N4O4. The van der Waals surface area contributed by atoms with E-state index in [1.165, 1.54) is 0 Å². The zero-order valence-electron chi connectivity index (χ0n) is 13.8. The molecule has 0 amide bonds. The summed E-state index contributed by atoms with van der Waals surface area (Å²) in [6.45, 7) is -0.524. The van der Waals surface area contributed by atoms with Crippen molar-refractivity contribution in [3.05, 3.63) is 38.4 Å². The van der Waals surface area contributed by atoms with Crippen molar-refractivity contribution in [2.75, 3.05) is 5.43 Å². The van der Waals surface area contributed by atoms with E-state index in [9.17, 15) is 20.2 Å². The van der Waals surface area contributed by atoms with Crippen LogP contribution in [0.2, 0.25) is 0 Å². The third-order valence-electron chi connectivity index (χ3n) is 2.47. The van der Waals surface area contributed by atoms with E-state index >= 15 is 0 Å². The minimum Gasteiger partial charge on any atom is -0.272 e. The average Bonchev–Trinajstić information content (AvgIpc) is 2.45. The Bertz CT molecular complexity index is 631. The van der Waals surface area contributed by atoms with Gasteiger partial charge in [0.1, 0.15) is 5.69 Å². The lowest BCUT2D eigenvalue weighted by Gasteiger charge is -2.04. The molecule has 0 aromatic heterocycles. The summed E-state index contributed by atoms with van der Waals surface area (Å²) in [5.41, 5.74) is 1.13. The van der Waals surface area contributed by atoms with Gasteiger partial charge in [-0.3, -0.25) is 25.7 Å². The first-order valence-corrected chi connectivity index (χ1v) is 5.92. The summed E-state index contributed by atoms with van der Waals surface area (Å²) < 4.78 is 22.2. The maximum atomic E-state index is 11.0. The molecule has 0 aliphatic rings. The number of hydrogen-bond acceptors (Lipinski definition) is 6. The Morgan fingerprint density at radius 2 is 2.15 bits per heavy atom. The number of nitrogens with one attached hydrogen (secondary N) is 1. The summed E-state index contributed by atoms with van der Waals surface area (Å²) in [6.07, 6.45) is 1.61. The van der Waals surface area contributed by atoms with Gasteiger partial charge in [-0.15, -0.1) is 0 Å². The molecule has 0 unspecified atom stereocenters. The molecule has 1 aromatic carbocycles. The van der Waals surface area contributed by atoms with Gasteiger partial charge in [-0.05, 0) is 25.8 Å². The first kappa shape index (κ1) is 11.3. The fraction of sp³-hybridized carbons (Fsp3) is 0.417. The Labute approximate surface area is 120 Å². The largest absolute Gasteiger partial charge is 0.301 e. The predicted octanol–water partition coefficient (Wildman–Crippen LogP) is 3.48. The first-order chi connectivity index (χ1) is 10.7. The van der Waals surface area contributed by atoms with E-state index < -0.39 is 28.1 Å². The molecule has 20 heavy (non-hydrogen) atoms. The van der Waals surface area contributed by atoms with E-state index in [0.29, 0.717) is 6.42 Å². The van der Waals surface area contributed by atoms with Gasteiger partial charge in [-0.1, -0.05) is 13.3 Å². The number of nitrogens with zero attached hydrogens (tertiary/aromatic N) is 3. The highest BCUT2D eigenvalue weighted by Gasteiger charge is 2.19. The summed E-state index contributed by atoms with van der Waals surface area (Å²) in [6, 6.07) is 2.99. The molecule has 0 saturated heterocycles. The number of non-ortho nitro benzene ring substituents is 1. The Hall–Kier alpha value is -2.51. The van der Waals surface area contributed by atoms with Crippen molar-refractivity contribution in [1.29, 1.82) is 0 Å². The second-order valence-electron chi connectivity index (χ2n) is 3.99. The molecule has 1 aromatic rings. The van der Waals surface area contributed by atoms with Crippen molar-refractivity contribution < 1.29 is 14.0 Å². The molecule has 0 bridgehead atoms. The lowest BCUT2D eigenvalue weighted by molar-refractivity contribution is -0.393. The molecule has 0 aliphatic carbocycles. The van der Waals surface area contributed by atoms with Gasteiger partial charge in [0.25, 0.3) is 5.69 Å². The van der Waals surface area contributed by atoms with Gasteiger partial charge < -0.3 is 0 Å². The number of hydrogen-bond donors (Lipinski definition) is 1. The topological polar surface area (TPSA) is 111 Å². The Balaban J connectivity index is 3.13. The van der Waals surface area contributed by atoms with Crippen LogP contribution in [0.4, 0.5) is 17.1 Å². The summed E-state index contributed by atoms with van der Waals surface area (Å²) in [4.78, 5) is 20.1. The van der Waals surface area contributed by atoms with Gasteiger partial charge in [0.05, 0.1) is 15.9 Å². The van der Waals surface area contributed by atoms with Gasteiger partial charge in [-0.2, -0.15) is 5.10 Å². The monoisotopic (exact) mass is 283 g/mol. The van der Waals surface area contributed by atoms with E-state index in [0.717, 1.165) is 24.6 Å². The molecule has 8 nitrogen and oxygen atoms in total. The summed E-state index contributed by atoms with van der Waals surface area (Å²) in [7, 11) is 0. The van der Waals surface area contributed by atoms with Crippen LogP contribution in [0.3, 0.4) is 0 Å². The lowest BCUT2D eigenvalue weighted by atomic mass is 10.2. The summed E-state index contributed by atoms with van der Waals surface area (Å²) >= 11 is 0. The van der Waals surface area contributed by atoms with Gasteiger partial charge >= 0.3 is 5.69 Å². The minimum atomic E-state index is -2.42. The number of benzene rings is 1. The number of nitro groups is 2. The van der Waals surface area contributed by atoms with Crippen LogP contribution in [0.15, 0.2) is 23.3 Å². The van der Waals surface area contributed by atoms with Crippen molar-refractivity contribution in [3.8, 4) is 0 Å². The number of anilines is 1. The van der Waals surface area contributed by atoms with Crippen LogP contribution >= 0.6 is 0 Å². The molecule has 0 fully saturated rings. The molecule has 8 heteroatoms. The molecular weight excluding hydrogens is 264 g/mol. The molecule has 1 N–H and O–H groups in total. The number of nitro benzene ring substituents is 2. The fourth-order valence-corrected chi connectivity index (χ4v) is 1.41. The lowest BCUT2D eigenvalue weighted by Crippen LogP contribution is -2.01. The van der Waals surface area contributed by atoms with Crippen molar-refractivity contribution in [2.24, 2.45) is 5.10 Å². The predicted molar refractivity (Wildman–Crippen MR) is 76.0 cm³/mol. The fourth-order valence-electron chi connectivity index (χ4n) is 1.41. The van der Waals surface area contributed by atoms with Crippen LogP contribution in [0, 0.1) is 20.2 Å². The second kappa shape index (κ2) is 7.17. The van der Waals surface area contributed by atoms with Crippen LogP contribution in [-0.2, 0) is 0 Å². The summed E-state index contributed by atoms with van der Waals surface area (Å²) in [5.74, 6) is 0. The van der Waals surface area contributed by atoms with Gasteiger partial charge in [0.2, 0.25) is 0 Å². The van der Waals surface area contributed by atoms with Crippen molar-refractivity contribution in [3.63, 3.8) is 0 Å². The SMILES string of the molecule is [2H]C([2H])([2H])C(CCCC)=NNc1ccc([N+](=O)[O-])cc1[N+](=O)[O-]. The van der Waals surface area contributed by atoms with Crippen molar-refractivity contribution in [2.45, 2.75) is 33.0 Å². The molecule has 0 aliphatic heterocycles. The van der Waals surface area contributed by atoms with E-state index in [1.807, 2.05) is 6.92 Å². The number of hydrazone groups is 1. The highest BCUT2D eigenvalue weighted by molar-refractivity contribution is 5.83. The van der Waals surface area contributed by atoms with Gasteiger partial charge in [-0.25, -0.2) is 0 Å². The van der Waals surface area contributed by atoms with Crippen LogP contribution in [-0.4, -0.2) is 15.6 Å². The molecule has 0 atom stereocenters. The maximum Gasteiger partial charge on any atom is 0.301 e. The average molecular weight is 283 g/mol. The van der Waals surface area contributed by atoms with E-state index in [-0.39, 0.29) is 17.8 Å². The molecule has 1 rings (SSSR count). The highest BCUT2D eigenvalue weighted by Crippen LogP contribution is 2.28. The number of rotatable bonds is 7. The van der Waals surface area contributed by atoms with Crippen molar-refractivity contribution in [1.82, 2.24) is 0 Å². The van der Waals surface area contributed by atoms with Crippen LogP contribution < -0.4 is 5.43 Å². The standard InChI is InChI=1S/C12H16N4O4/c1-3-4-5-9(2)13-14-11-7-6-10(15(17)18)8-12(11)16(19)20/h6-8,14H,3-5H2,1-2H3/i2D3. The quantitative estimate of drug-likeness (QED) is 0.467. The Kier molecular flexibility index (Phi) is 4.06. The Morgan fingerprint density at radius 3 is 2.70 bits per heavy atom. The molecule has 108 valence electrons. The molecule has 0 saturated carbocycles. The van der Waals surface area contributed by atoms with E-state index in [1.54, 1.807) is 0 Å². The smallest absolute Gasteiger partial charge is 0.272 e. The van der Waals surface area contributed by atoms with Crippen LogP contribution in [0.1, 0.15) is 37.2 Å². The van der Waals surface area contributed by atoms with Crippen molar-refractivity contribution >= 4 is 22.8 Å². The normalized spacial score (nSPS) is 14.1. The highest BCUT2D eigenvalue weighted by atomic mass is 16.6. The summed E-state index contributed by atoms with van der Waals surface area (Å²) in [5, 5.41) is 25.4. The van der Waals surface area contributed by atoms with Crippen LogP contribution in [0.5, 0.6) is 0 Å². The van der Waals surface area contributed by atoms with E-state index in [4.69, 9.17) is 4.11 Å². The van der Waals surface area contributed by atoms with Crippen LogP contribution in [0.25, 0.3) is 0 Å². The molecule has 0 radical (unpaired) electrons. The Morgan fingerprint density at radius 1 is 1.40 bits per heavy atom. The zero-order chi connectivity index (χ0) is 17.6. The third-order valence-corrected chi connectivity index (χ3v) is 2.47. The molecule has 0 spiro atoms. The van der Waals surface area contributed by atoms with E-state index in [2.05, 4.69) is 10.5 Å². The first-order valence-electron chi connectivity index (χ1n) is 7.42. The van der Waals surface area contributed by atoms with Gasteiger partial charge in [0.15, 0.2) is 0 Å². The second-order valence-corrected chi connectivity index (χ2v) is 3.99. The van der Waals surface area contributed by atoms with Gasteiger partial charge in [0, 0.05) is 15.9 Å². The zero-order valence-corrected chi connectivity index (χ0v) is 10.8. The number of unbranched alkanes of at least 4 members (excludes halogenated alkanes) is 1. The molecule has 0 heterocycles.